The summed E-state index contributed by atoms with van der Waals surface area (Å²) in [4.78, 5) is 4.82. The third-order valence-electron chi connectivity index (χ3n) is 5.98. The molecule has 10 nitrogen and oxygen atoms in total. The summed E-state index contributed by atoms with van der Waals surface area (Å²) in [5.74, 6) is 1.97. The van der Waals surface area contributed by atoms with Crippen LogP contribution in [-0.4, -0.2) is 68.0 Å². The summed E-state index contributed by atoms with van der Waals surface area (Å²) in [5.41, 5.74) is 1.95. The van der Waals surface area contributed by atoms with Crippen LogP contribution in [0.1, 0.15) is 11.3 Å². The van der Waals surface area contributed by atoms with Crippen LogP contribution < -0.4 is 19.5 Å². The number of aryl methyl sites for hydroxylation is 1. The van der Waals surface area contributed by atoms with E-state index in [1.54, 1.807) is 16.8 Å². The first-order chi connectivity index (χ1) is 17.0. The summed E-state index contributed by atoms with van der Waals surface area (Å²) in [6.45, 7) is 3.69. The molecule has 0 N–H and O–H groups in total. The molecule has 1 aromatic heterocycles. The Morgan fingerprint density at radius 3 is 2.23 bits per heavy atom. The maximum atomic E-state index is 14.7. The number of para-hydroxylation sites is 1. The van der Waals surface area contributed by atoms with Crippen LogP contribution in [-0.2, 0) is 13.8 Å². The quantitative estimate of drug-likeness (QED) is 0.477. The minimum Gasteiger partial charge on any atom is -0.493 e. The first kappa shape index (κ1) is 23.4. The van der Waals surface area contributed by atoms with Crippen LogP contribution in [0.15, 0.2) is 47.5 Å². The van der Waals surface area contributed by atoms with Crippen molar-refractivity contribution in [1.82, 2.24) is 14.5 Å². The number of ether oxygens (including phenoxy) is 4. The van der Waals surface area contributed by atoms with Crippen molar-refractivity contribution < 1.29 is 28.0 Å². The molecule has 1 fully saturated rings. The molecule has 0 spiro atoms. The highest BCUT2D eigenvalue weighted by molar-refractivity contribution is 7.65. The predicted molar refractivity (Wildman–Crippen MR) is 131 cm³/mol. The Morgan fingerprint density at radius 2 is 1.63 bits per heavy atom. The van der Waals surface area contributed by atoms with Crippen LogP contribution in [0.2, 0.25) is 0 Å². The molecule has 0 saturated carbocycles. The minimum atomic E-state index is -3.58. The fraction of sp³-hybridized carbons (Fsp3) is 0.333. The highest BCUT2D eigenvalue weighted by Gasteiger charge is 2.46. The molecular formula is C24H27N4O6P. The Morgan fingerprint density at radius 1 is 0.971 bits per heavy atom. The van der Waals surface area contributed by atoms with Gasteiger partial charge in [-0.2, -0.15) is 10.1 Å². The smallest absolute Gasteiger partial charge is 0.356 e. The van der Waals surface area contributed by atoms with Crippen molar-refractivity contribution in [2.24, 2.45) is 4.99 Å². The van der Waals surface area contributed by atoms with Gasteiger partial charge in [0.1, 0.15) is 5.30 Å². The van der Waals surface area contributed by atoms with Crippen LogP contribution in [0.3, 0.4) is 0 Å². The molecule has 2 aliphatic heterocycles. The van der Waals surface area contributed by atoms with E-state index >= 15 is 0 Å². The molecule has 3 heterocycles. The number of hydrogen-bond acceptors (Lipinski definition) is 8. The van der Waals surface area contributed by atoms with E-state index in [4.69, 9.17) is 33.6 Å². The van der Waals surface area contributed by atoms with Crippen molar-refractivity contribution in [3.05, 3.63) is 53.7 Å². The van der Waals surface area contributed by atoms with Gasteiger partial charge in [0.15, 0.2) is 17.3 Å². The standard InChI is InChI=1S/C24H27N4O6P/c1-16-22-23(28(26-16)18-8-6-5-7-9-18)25-24(34-35(22,29)27-10-12-33-13-11-27)17-14-19(30-2)21(32-4)20(15-17)31-3/h5-9,14-15H,10-13H2,1-4H3/t35-/m1/s1. The minimum absolute atomic E-state index is 0.184. The van der Waals surface area contributed by atoms with E-state index in [2.05, 4.69) is 0 Å². The first-order valence-electron chi connectivity index (χ1n) is 11.2. The molecule has 184 valence electrons. The second-order valence-corrected chi connectivity index (χ2v) is 10.2. The van der Waals surface area contributed by atoms with E-state index in [-0.39, 0.29) is 5.90 Å². The fourth-order valence-corrected chi connectivity index (χ4v) is 6.72. The molecule has 2 aromatic carbocycles. The van der Waals surface area contributed by atoms with Gasteiger partial charge in [0, 0.05) is 18.7 Å². The van der Waals surface area contributed by atoms with Crippen molar-refractivity contribution >= 4 is 24.5 Å². The molecule has 35 heavy (non-hydrogen) atoms. The summed E-state index contributed by atoms with van der Waals surface area (Å²) in [7, 11) is 1.03. The van der Waals surface area contributed by atoms with E-state index < -0.39 is 7.52 Å². The lowest BCUT2D eigenvalue weighted by Crippen LogP contribution is -2.39. The van der Waals surface area contributed by atoms with Gasteiger partial charge in [-0.25, -0.2) is 9.35 Å². The van der Waals surface area contributed by atoms with Crippen LogP contribution in [0.25, 0.3) is 5.69 Å². The molecule has 0 amide bonds. The van der Waals surface area contributed by atoms with Gasteiger partial charge in [-0.1, -0.05) is 18.2 Å². The Bertz CT molecular complexity index is 1290. The van der Waals surface area contributed by atoms with Crippen molar-refractivity contribution in [3.63, 3.8) is 0 Å². The number of aliphatic imine (C=N–C) groups is 1. The number of methoxy groups -OCH3 is 3. The average Bonchev–Trinajstić information content (AvgIpc) is 3.25. The Labute approximate surface area is 203 Å². The number of morpholine rings is 1. The largest absolute Gasteiger partial charge is 0.493 e. The molecule has 0 unspecified atom stereocenters. The van der Waals surface area contributed by atoms with Gasteiger partial charge in [-0.3, -0.25) is 4.57 Å². The number of nitrogens with zero attached hydrogens (tertiary/aromatic N) is 4. The van der Waals surface area contributed by atoms with Gasteiger partial charge in [0.2, 0.25) is 11.6 Å². The summed E-state index contributed by atoms with van der Waals surface area (Å²) < 4.78 is 46.6. The number of benzene rings is 2. The van der Waals surface area contributed by atoms with Crippen molar-refractivity contribution in [2.45, 2.75) is 6.92 Å². The SMILES string of the molecule is COc1cc(C2=Nc3c(c(C)nn3-c3ccccc3)[P@](=O)(N3CCOCC3)O2)cc(OC)c1OC. The number of aromatic nitrogens is 2. The maximum absolute atomic E-state index is 14.7. The third kappa shape index (κ3) is 3.97. The second-order valence-electron chi connectivity index (χ2n) is 8.01. The lowest BCUT2D eigenvalue weighted by molar-refractivity contribution is 0.0689. The topological polar surface area (TPSA) is 96.6 Å². The van der Waals surface area contributed by atoms with E-state index in [1.807, 2.05) is 41.9 Å². The molecule has 1 atom stereocenters. The molecule has 5 rings (SSSR count). The molecule has 1 saturated heterocycles. The van der Waals surface area contributed by atoms with Gasteiger partial charge < -0.3 is 23.5 Å². The van der Waals surface area contributed by atoms with E-state index in [0.717, 1.165) is 5.69 Å². The maximum Gasteiger partial charge on any atom is 0.356 e. The Kier molecular flexibility index (Phi) is 6.27. The molecule has 3 aromatic rings. The van der Waals surface area contributed by atoms with Gasteiger partial charge >= 0.3 is 7.52 Å². The lowest BCUT2D eigenvalue weighted by atomic mass is 10.1. The number of fused-ring (bicyclic) bond motifs is 1. The molecule has 0 bridgehead atoms. The van der Waals surface area contributed by atoms with Crippen molar-refractivity contribution in [1.29, 1.82) is 0 Å². The summed E-state index contributed by atoms with van der Waals surface area (Å²) in [6.07, 6.45) is 0. The molecular weight excluding hydrogens is 471 g/mol. The predicted octanol–water partition coefficient (Wildman–Crippen LogP) is 3.47. The molecule has 11 heteroatoms. The highest BCUT2D eigenvalue weighted by atomic mass is 31.2. The Balaban J connectivity index is 1.73. The summed E-state index contributed by atoms with van der Waals surface area (Å²) in [6, 6.07) is 13.1. The fourth-order valence-electron chi connectivity index (χ4n) is 4.30. The van der Waals surface area contributed by atoms with E-state index in [1.165, 1.54) is 21.3 Å². The average molecular weight is 498 g/mol. The van der Waals surface area contributed by atoms with Crippen LogP contribution in [0, 0.1) is 6.92 Å². The highest BCUT2D eigenvalue weighted by Crippen LogP contribution is 2.56. The van der Waals surface area contributed by atoms with E-state index in [9.17, 15) is 4.57 Å². The zero-order chi connectivity index (χ0) is 24.6. The second kappa shape index (κ2) is 9.37. The zero-order valence-electron chi connectivity index (χ0n) is 20.1. The monoisotopic (exact) mass is 498 g/mol. The molecule has 0 aliphatic carbocycles. The normalized spacial score (nSPS) is 19.9. The lowest BCUT2D eigenvalue weighted by Gasteiger charge is -2.35. The van der Waals surface area contributed by atoms with Crippen LogP contribution >= 0.6 is 7.52 Å². The van der Waals surface area contributed by atoms with Gasteiger partial charge in [0.05, 0.1) is 45.9 Å². The molecule has 0 radical (unpaired) electrons. The number of hydrogen-bond donors (Lipinski definition) is 0. The van der Waals surface area contributed by atoms with Gasteiger partial charge in [-0.15, -0.1) is 0 Å². The molecule has 2 aliphatic rings. The summed E-state index contributed by atoms with van der Waals surface area (Å²) in [5, 5.41) is 5.21. The van der Waals surface area contributed by atoms with Gasteiger partial charge in [-0.05, 0) is 31.2 Å². The van der Waals surface area contributed by atoms with Gasteiger partial charge in [0.25, 0.3) is 0 Å². The Hall–Kier alpha value is -3.33. The van der Waals surface area contributed by atoms with Crippen LogP contribution in [0.5, 0.6) is 17.2 Å². The zero-order valence-corrected chi connectivity index (χ0v) is 20.9. The number of rotatable bonds is 6. The van der Waals surface area contributed by atoms with Crippen molar-refractivity contribution in [2.75, 3.05) is 47.6 Å². The van der Waals surface area contributed by atoms with E-state index in [0.29, 0.717) is 65.9 Å². The first-order valence-corrected chi connectivity index (χ1v) is 12.8. The summed E-state index contributed by atoms with van der Waals surface area (Å²) >= 11 is 0. The van der Waals surface area contributed by atoms with Crippen LogP contribution in [0.4, 0.5) is 5.82 Å². The van der Waals surface area contributed by atoms with Crippen molar-refractivity contribution in [3.8, 4) is 22.9 Å². The third-order valence-corrected chi connectivity index (χ3v) is 8.63.